The molecule has 3 amide bonds. The van der Waals surface area contributed by atoms with Crippen LogP contribution in [0.25, 0.3) is 0 Å². The Labute approximate surface area is 248 Å². The van der Waals surface area contributed by atoms with Crippen molar-refractivity contribution in [2.75, 3.05) is 5.32 Å². The van der Waals surface area contributed by atoms with E-state index in [0.29, 0.717) is 0 Å². The molecule has 224 valence electrons. The number of hydrogen-bond donors (Lipinski definition) is 3. The SMILES string of the molecule is C[C@H](NC(=O)C1(C)Oc2cccnc2NC1=O)C(=O)N[C@H](CCC(=O)OCc1ccccc1)C(=O)OCc1ccccc1. The summed E-state index contributed by atoms with van der Waals surface area (Å²) < 4.78 is 16.3. The van der Waals surface area contributed by atoms with Crippen molar-refractivity contribution in [3.8, 4) is 5.75 Å². The van der Waals surface area contributed by atoms with Crippen molar-refractivity contribution >= 4 is 35.5 Å². The third-order valence-electron chi connectivity index (χ3n) is 6.63. The van der Waals surface area contributed by atoms with Crippen LogP contribution in [0.5, 0.6) is 5.75 Å². The third kappa shape index (κ3) is 8.15. The van der Waals surface area contributed by atoms with Gasteiger partial charge in [0, 0.05) is 12.6 Å². The van der Waals surface area contributed by atoms with Gasteiger partial charge in [-0.3, -0.25) is 19.2 Å². The number of pyridine rings is 1. The lowest BCUT2D eigenvalue weighted by Crippen LogP contribution is -2.62. The minimum atomic E-state index is -1.99. The number of benzene rings is 2. The molecule has 4 rings (SSSR count). The number of carbonyl (C=O) groups is 5. The summed E-state index contributed by atoms with van der Waals surface area (Å²) in [6, 6.07) is 18.8. The van der Waals surface area contributed by atoms with Crippen molar-refractivity contribution in [1.82, 2.24) is 15.6 Å². The van der Waals surface area contributed by atoms with Crippen LogP contribution < -0.4 is 20.7 Å². The normalized spacial score (nSPS) is 16.7. The lowest BCUT2D eigenvalue weighted by atomic mass is 10.0. The van der Waals surface area contributed by atoms with E-state index >= 15 is 0 Å². The van der Waals surface area contributed by atoms with E-state index in [2.05, 4.69) is 20.9 Å². The molecule has 1 unspecified atom stereocenters. The van der Waals surface area contributed by atoms with E-state index in [0.717, 1.165) is 11.1 Å². The Kier molecular flexibility index (Phi) is 10.0. The van der Waals surface area contributed by atoms with Crippen LogP contribution in [0.1, 0.15) is 37.8 Å². The summed E-state index contributed by atoms with van der Waals surface area (Å²) in [4.78, 5) is 68.3. The zero-order valence-corrected chi connectivity index (χ0v) is 23.7. The highest BCUT2D eigenvalue weighted by atomic mass is 16.5. The van der Waals surface area contributed by atoms with Gasteiger partial charge in [-0.25, -0.2) is 9.78 Å². The molecule has 2 heterocycles. The molecule has 3 aromatic rings. The van der Waals surface area contributed by atoms with Gasteiger partial charge in [0.1, 0.15) is 25.3 Å². The zero-order chi connectivity index (χ0) is 30.8. The van der Waals surface area contributed by atoms with E-state index in [1.807, 2.05) is 36.4 Å². The molecule has 43 heavy (non-hydrogen) atoms. The molecule has 2 aromatic carbocycles. The summed E-state index contributed by atoms with van der Waals surface area (Å²) in [5, 5.41) is 7.51. The summed E-state index contributed by atoms with van der Waals surface area (Å²) in [6.07, 6.45) is 1.17. The second-order valence-corrected chi connectivity index (χ2v) is 9.97. The fraction of sp³-hybridized carbons (Fsp3) is 0.290. The second-order valence-electron chi connectivity index (χ2n) is 9.97. The predicted octanol–water partition coefficient (Wildman–Crippen LogP) is 2.43. The predicted molar refractivity (Wildman–Crippen MR) is 153 cm³/mol. The van der Waals surface area contributed by atoms with Gasteiger partial charge in [-0.2, -0.15) is 0 Å². The largest absolute Gasteiger partial charge is 0.464 e. The Hall–Kier alpha value is -5.26. The molecule has 0 saturated carbocycles. The first-order valence-electron chi connectivity index (χ1n) is 13.6. The van der Waals surface area contributed by atoms with Gasteiger partial charge in [0.05, 0.1) is 0 Å². The molecular formula is C31H32N4O8. The minimum Gasteiger partial charge on any atom is -0.464 e. The topological polar surface area (TPSA) is 162 Å². The van der Waals surface area contributed by atoms with Gasteiger partial charge < -0.3 is 30.2 Å². The van der Waals surface area contributed by atoms with E-state index in [1.54, 1.807) is 36.4 Å². The molecule has 0 radical (unpaired) electrons. The number of hydrogen-bond acceptors (Lipinski definition) is 9. The van der Waals surface area contributed by atoms with Crippen LogP contribution in [0, 0.1) is 0 Å². The Bertz CT molecular complexity index is 1470. The average Bonchev–Trinajstić information content (AvgIpc) is 3.02. The first kappa shape index (κ1) is 30.7. The standard InChI is InChI=1S/C31H32N4O8/c1-20(33-29(39)31(2)30(40)35-26-24(43-31)14-9-17-32-26)27(37)34-23(28(38)42-19-22-12-7-4-8-13-22)15-16-25(36)41-18-21-10-5-3-6-11-21/h3-14,17,20,23H,15-16,18-19H2,1-2H3,(H,33,39)(H,34,37)(H,32,35,40)/t20-,23+,31?/m0/s1. The van der Waals surface area contributed by atoms with E-state index in [-0.39, 0.29) is 37.6 Å². The number of amides is 3. The smallest absolute Gasteiger partial charge is 0.328 e. The van der Waals surface area contributed by atoms with Crippen molar-refractivity contribution < 1.29 is 38.2 Å². The van der Waals surface area contributed by atoms with Crippen molar-refractivity contribution in [2.24, 2.45) is 0 Å². The summed E-state index contributed by atoms with van der Waals surface area (Å²) in [7, 11) is 0. The monoisotopic (exact) mass is 588 g/mol. The number of rotatable bonds is 12. The number of ether oxygens (including phenoxy) is 3. The molecular weight excluding hydrogens is 556 g/mol. The number of nitrogens with zero attached hydrogens (tertiary/aromatic N) is 1. The fourth-order valence-electron chi connectivity index (χ4n) is 4.06. The maximum Gasteiger partial charge on any atom is 0.328 e. The van der Waals surface area contributed by atoms with Crippen LogP contribution in [0.15, 0.2) is 79.0 Å². The van der Waals surface area contributed by atoms with Crippen molar-refractivity contribution in [3.63, 3.8) is 0 Å². The van der Waals surface area contributed by atoms with Crippen LogP contribution in [-0.2, 0) is 46.7 Å². The second kappa shape index (κ2) is 14.1. The summed E-state index contributed by atoms with van der Waals surface area (Å²) in [6.45, 7) is 2.67. The Morgan fingerprint density at radius 2 is 1.53 bits per heavy atom. The molecule has 0 saturated heterocycles. The number of anilines is 1. The van der Waals surface area contributed by atoms with Gasteiger partial charge in [0.15, 0.2) is 11.6 Å². The highest BCUT2D eigenvalue weighted by Crippen LogP contribution is 2.31. The maximum atomic E-state index is 13.1. The van der Waals surface area contributed by atoms with E-state index in [1.165, 1.54) is 20.0 Å². The van der Waals surface area contributed by atoms with Crippen LogP contribution in [0.3, 0.4) is 0 Å². The molecule has 12 nitrogen and oxygen atoms in total. The van der Waals surface area contributed by atoms with Gasteiger partial charge >= 0.3 is 11.9 Å². The molecule has 1 aliphatic heterocycles. The Morgan fingerprint density at radius 3 is 2.19 bits per heavy atom. The first-order chi connectivity index (χ1) is 20.7. The van der Waals surface area contributed by atoms with Crippen LogP contribution >= 0.6 is 0 Å². The summed E-state index contributed by atoms with van der Waals surface area (Å²) >= 11 is 0. The fourth-order valence-corrected chi connectivity index (χ4v) is 4.06. The summed E-state index contributed by atoms with van der Waals surface area (Å²) in [5.41, 5.74) is -0.447. The quantitative estimate of drug-likeness (QED) is 0.213. The Balaban J connectivity index is 1.37. The lowest BCUT2D eigenvalue weighted by molar-refractivity contribution is -0.150. The maximum absolute atomic E-state index is 13.1. The average molecular weight is 589 g/mol. The molecule has 1 aliphatic rings. The molecule has 3 atom stereocenters. The van der Waals surface area contributed by atoms with Crippen LogP contribution in [-0.4, -0.2) is 52.3 Å². The molecule has 0 bridgehead atoms. The van der Waals surface area contributed by atoms with Gasteiger partial charge in [0.25, 0.3) is 17.4 Å². The molecule has 12 heteroatoms. The van der Waals surface area contributed by atoms with Gasteiger partial charge in [-0.05, 0) is 43.5 Å². The van der Waals surface area contributed by atoms with Crippen LogP contribution in [0.4, 0.5) is 5.82 Å². The van der Waals surface area contributed by atoms with Gasteiger partial charge in [-0.15, -0.1) is 0 Å². The molecule has 3 N–H and O–H groups in total. The highest BCUT2D eigenvalue weighted by molar-refractivity contribution is 6.15. The Morgan fingerprint density at radius 1 is 0.907 bits per heavy atom. The van der Waals surface area contributed by atoms with Crippen molar-refractivity contribution in [3.05, 3.63) is 90.1 Å². The molecule has 1 aromatic heterocycles. The number of aromatic nitrogens is 1. The molecule has 0 fully saturated rings. The number of nitrogens with one attached hydrogen (secondary N) is 3. The van der Waals surface area contributed by atoms with Gasteiger partial charge in [-0.1, -0.05) is 60.7 Å². The van der Waals surface area contributed by atoms with E-state index in [4.69, 9.17) is 14.2 Å². The van der Waals surface area contributed by atoms with Gasteiger partial charge in [0.2, 0.25) is 5.91 Å². The first-order valence-corrected chi connectivity index (χ1v) is 13.6. The number of fused-ring (bicyclic) bond motifs is 1. The summed E-state index contributed by atoms with van der Waals surface area (Å²) in [5.74, 6) is -3.36. The molecule has 0 spiro atoms. The van der Waals surface area contributed by atoms with Crippen molar-refractivity contribution in [1.29, 1.82) is 0 Å². The molecule has 0 aliphatic carbocycles. The number of carbonyl (C=O) groups excluding carboxylic acids is 5. The van der Waals surface area contributed by atoms with Crippen molar-refractivity contribution in [2.45, 2.75) is 57.6 Å². The minimum absolute atomic E-state index is 0.0437. The lowest BCUT2D eigenvalue weighted by Gasteiger charge is -2.33. The van der Waals surface area contributed by atoms with E-state index in [9.17, 15) is 24.0 Å². The highest BCUT2D eigenvalue weighted by Gasteiger charge is 2.48. The zero-order valence-electron chi connectivity index (χ0n) is 23.7. The van der Waals surface area contributed by atoms with E-state index < -0.39 is 47.3 Å². The third-order valence-corrected chi connectivity index (χ3v) is 6.63. The van der Waals surface area contributed by atoms with Crippen LogP contribution in [0.2, 0.25) is 0 Å². The number of esters is 2.